The lowest BCUT2D eigenvalue weighted by Crippen LogP contribution is -2.51. The van der Waals surface area contributed by atoms with Gasteiger partial charge in [0.15, 0.2) is 0 Å². The zero-order chi connectivity index (χ0) is 14.5. The van der Waals surface area contributed by atoms with Crippen molar-refractivity contribution in [2.45, 2.75) is 26.3 Å². The van der Waals surface area contributed by atoms with Crippen molar-refractivity contribution in [1.29, 1.82) is 0 Å². The molecule has 0 aromatic carbocycles. The summed E-state index contributed by atoms with van der Waals surface area (Å²) in [5, 5.41) is 0. The predicted molar refractivity (Wildman–Crippen MR) is 79.1 cm³/mol. The Bertz CT molecular complexity index is 447. The third kappa shape index (κ3) is 3.28. The molecule has 1 aromatic rings. The summed E-state index contributed by atoms with van der Waals surface area (Å²) in [7, 11) is 2.17. The molecule has 5 nitrogen and oxygen atoms in total. The Hall–Kier alpha value is -1.62. The molecule has 0 bridgehead atoms. The minimum absolute atomic E-state index is 0.309. The minimum Gasteiger partial charge on any atom is -0.462 e. The van der Waals surface area contributed by atoms with Gasteiger partial charge in [-0.05, 0) is 32.5 Å². The molecule has 2 rings (SSSR count). The first kappa shape index (κ1) is 14.8. The Kier molecular flexibility index (Phi) is 4.95. The van der Waals surface area contributed by atoms with Crippen LogP contribution in [0.15, 0.2) is 18.3 Å². The Labute approximate surface area is 120 Å². The number of nitrogens with zero attached hydrogens (tertiary/aromatic N) is 3. The van der Waals surface area contributed by atoms with E-state index in [2.05, 4.69) is 28.8 Å². The lowest BCUT2D eigenvalue weighted by Gasteiger charge is -2.39. The maximum atomic E-state index is 11.6. The summed E-state index contributed by atoms with van der Waals surface area (Å²) in [6.07, 6.45) is 2.74. The molecule has 2 heterocycles. The van der Waals surface area contributed by atoms with Crippen LogP contribution >= 0.6 is 0 Å². The topological polar surface area (TPSA) is 45.7 Å². The van der Waals surface area contributed by atoms with Gasteiger partial charge >= 0.3 is 5.97 Å². The zero-order valence-corrected chi connectivity index (χ0v) is 12.5. The van der Waals surface area contributed by atoms with E-state index in [1.807, 2.05) is 6.07 Å². The van der Waals surface area contributed by atoms with Crippen molar-refractivity contribution in [3.63, 3.8) is 0 Å². The van der Waals surface area contributed by atoms with Crippen LogP contribution in [0.5, 0.6) is 0 Å². The Morgan fingerprint density at radius 3 is 2.80 bits per heavy atom. The maximum absolute atomic E-state index is 11.6. The number of hydrogen-bond acceptors (Lipinski definition) is 5. The number of aromatic nitrogens is 1. The largest absolute Gasteiger partial charge is 0.462 e. The summed E-state index contributed by atoms with van der Waals surface area (Å²) in [6.45, 7) is 7.39. The Balaban J connectivity index is 2.04. The molecule has 1 aliphatic heterocycles. The molecule has 110 valence electrons. The van der Waals surface area contributed by atoms with Crippen molar-refractivity contribution >= 4 is 11.8 Å². The summed E-state index contributed by atoms with van der Waals surface area (Å²) in [5.74, 6) is 0.626. The van der Waals surface area contributed by atoms with E-state index in [9.17, 15) is 4.79 Å². The van der Waals surface area contributed by atoms with Gasteiger partial charge in [-0.2, -0.15) is 0 Å². The third-order valence-electron chi connectivity index (χ3n) is 3.83. The van der Waals surface area contributed by atoms with Crippen LogP contribution in [0.3, 0.4) is 0 Å². The first-order valence-corrected chi connectivity index (χ1v) is 7.24. The molecular formula is C15H23N3O2. The van der Waals surface area contributed by atoms with E-state index in [-0.39, 0.29) is 5.97 Å². The molecule has 5 heteroatoms. The number of hydrogen-bond donors (Lipinski definition) is 0. The van der Waals surface area contributed by atoms with Crippen molar-refractivity contribution in [1.82, 2.24) is 9.88 Å². The van der Waals surface area contributed by atoms with E-state index in [0.29, 0.717) is 18.2 Å². The van der Waals surface area contributed by atoms with Gasteiger partial charge in [-0.1, -0.05) is 6.92 Å². The lowest BCUT2D eigenvalue weighted by molar-refractivity contribution is 0.0526. The SMILES string of the molecule is CCOC(=O)c1ccc(N2CCN(C)C(CC)C2)nc1. The fourth-order valence-electron chi connectivity index (χ4n) is 2.50. The predicted octanol–water partition coefficient (Wildman–Crippen LogP) is 1.79. The van der Waals surface area contributed by atoms with E-state index in [1.165, 1.54) is 0 Å². The standard InChI is InChI=1S/C15H23N3O2/c1-4-13-11-18(9-8-17(13)3)14-7-6-12(10-16-14)15(19)20-5-2/h6-7,10,13H,4-5,8-9,11H2,1-3H3. The first-order valence-electron chi connectivity index (χ1n) is 7.24. The molecule has 1 aromatic heterocycles. The second-order valence-electron chi connectivity index (χ2n) is 5.11. The Morgan fingerprint density at radius 2 is 2.20 bits per heavy atom. The van der Waals surface area contributed by atoms with Crippen LogP contribution in [0.1, 0.15) is 30.6 Å². The number of ether oxygens (including phenoxy) is 1. The van der Waals surface area contributed by atoms with Crippen LogP contribution in [-0.2, 0) is 4.74 Å². The highest BCUT2D eigenvalue weighted by molar-refractivity contribution is 5.89. The lowest BCUT2D eigenvalue weighted by atomic mass is 10.1. The molecule has 1 fully saturated rings. The smallest absolute Gasteiger partial charge is 0.339 e. The summed E-state index contributed by atoms with van der Waals surface area (Å²) in [6, 6.07) is 4.26. The van der Waals surface area contributed by atoms with Crippen molar-refractivity contribution in [3.05, 3.63) is 23.9 Å². The van der Waals surface area contributed by atoms with E-state index < -0.39 is 0 Å². The molecule has 0 saturated carbocycles. The number of carbonyl (C=O) groups excluding carboxylic acids is 1. The highest BCUT2D eigenvalue weighted by atomic mass is 16.5. The second-order valence-corrected chi connectivity index (χ2v) is 5.11. The van der Waals surface area contributed by atoms with Gasteiger partial charge in [0.1, 0.15) is 5.82 Å². The number of likely N-dealkylation sites (N-methyl/N-ethyl adjacent to an activating group) is 1. The number of rotatable bonds is 4. The van der Waals surface area contributed by atoms with E-state index >= 15 is 0 Å². The van der Waals surface area contributed by atoms with Crippen LogP contribution in [0, 0.1) is 0 Å². The van der Waals surface area contributed by atoms with E-state index in [4.69, 9.17) is 4.74 Å². The molecule has 0 radical (unpaired) electrons. The third-order valence-corrected chi connectivity index (χ3v) is 3.83. The van der Waals surface area contributed by atoms with Gasteiger partial charge < -0.3 is 9.64 Å². The summed E-state index contributed by atoms with van der Waals surface area (Å²) < 4.78 is 4.96. The molecule has 0 N–H and O–H groups in total. The van der Waals surface area contributed by atoms with Gasteiger partial charge in [0.2, 0.25) is 0 Å². The van der Waals surface area contributed by atoms with Crippen molar-refractivity contribution in [2.24, 2.45) is 0 Å². The van der Waals surface area contributed by atoms with Crippen LogP contribution in [0.25, 0.3) is 0 Å². The fourth-order valence-corrected chi connectivity index (χ4v) is 2.50. The molecule has 0 aliphatic carbocycles. The maximum Gasteiger partial charge on any atom is 0.339 e. The van der Waals surface area contributed by atoms with Crippen LogP contribution in [0.4, 0.5) is 5.82 Å². The molecule has 1 unspecified atom stereocenters. The average Bonchev–Trinajstić information content (AvgIpc) is 2.48. The number of carbonyl (C=O) groups is 1. The summed E-state index contributed by atoms with van der Waals surface area (Å²) in [5.41, 5.74) is 0.511. The van der Waals surface area contributed by atoms with E-state index in [1.54, 1.807) is 19.2 Å². The zero-order valence-electron chi connectivity index (χ0n) is 12.5. The van der Waals surface area contributed by atoms with Crippen molar-refractivity contribution < 1.29 is 9.53 Å². The minimum atomic E-state index is -0.309. The van der Waals surface area contributed by atoms with Crippen LogP contribution < -0.4 is 4.90 Å². The molecule has 0 spiro atoms. The molecule has 0 amide bonds. The van der Waals surface area contributed by atoms with Gasteiger partial charge in [0, 0.05) is 31.9 Å². The number of pyridine rings is 1. The summed E-state index contributed by atoms with van der Waals surface area (Å²) in [4.78, 5) is 20.7. The van der Waals surface area contributed by atoms with Gasteiger partial charge in [-0.3, -0.25) is 4.90 Å². The average molecular weight is 277 g/mol. The van der Waals surface area contributed by atoms with E-state index in [0.717, 1.165) is 31.9 Å². The highest BCUT2D eigenvalue weighted by Gasteiger charge is 2.23. The summed E-state index contributed by atoms with van der Waals surface area (Å²) >= 11 is 0. The number of piperazine rings is 1. The molecular weight excluding hydrogens is 254 g/mol. The van der Waals surface area contributed by atoms with Crippen molar-refractivity contribution in [2.75, 3.05) is 38.2 Å². The second kappa shape index (κ2) is 6.70. The fraction of sp³-hybridized carbons (Fsp3) is 0.600. The number of anilines is 1. The molecule has 1 aliphatic rings. The monoisotopic (exact) mass is 277 g/mol. The van der Waals surface area contributed by atoms with Gasteiger partial charge in [-0.15, -0.1) is 0 Å². The van der Waals surface area contributed by atoms with Gasteiger partial charge in [0.05, 0.1) is 12.2 Å². The van der Waals surface area contributed by atoms with Crippen LogP contribution in [0.2, 0.25) is 0 Å². The molecule has 20 heavy (non-hydrogen) atoms. The quantitative estimate of drug-likeness (QED) is 0.785. The van der Waals surface area contributed by atoms with Gasteiger partial charge in [0.25, 0.3) is 0 Å². The first-order chi connectivity index (χ1) is 9.65. The van der Waals surface area contributed by atoms with Crippen LogP contribution in [-0.4, -0.2) is 55.2 Å². The normalized spacial score (nSPS) is 19.9. The number of esters is 1. The molecule has 1 saturated heterocycles. The van der Waals surface area contributed by atoms with Crippen molar-refractivity contribution in [3.8, 4) is 0 Å². The van der Waals surface area contributed by atoms with Gasteiger partial charge in [-0.25, -0.2) is 9.78 Å². The highest BCUT2D eigenvalue weighted by Crippen LogP contribution is 2.18. The molecule has 1 atom stereocenters. The Morgan fingerprint density at radius 1 is 1.40 bits per heavy atom.